The quantitative estimate of drug-likeness (QED) is 0.0320. The molecule has 2 atom stereocenters. The van der Waals surface area contributed by atoms with E-state index in [1.807, 2.05) is 6.08 Å². The molecule has 0 aliphatic heterocycles. The summed E-state index contributed by atoms with van der Waals surface area (Å²) in [5, 5.41) is 23.3. The van der Waals surface area contributed by atoms with Gasteiger partial charge in [-0.05, 0) is 89.9 Å². The molecule has 92 heavy (non-hydrogen) atoms. The first-order valence-electron chi connectivity index (χ1n) is 41.9. The molecule has 0 saturated carbocycles. The predicted octanol–water partition coefficient (Wildman–Crippen LogP) is 27.9. The van der Waals surface area contributed by atoms with E-state index in [9.17, 15) is 19.8 Å². The zero-order valence-corrected chi connectivity index (χ0v) is 62.3. The summed E-state index contributed by atoms with van der Waals surface area (Å²) in [5.41, 5.74) is 0. The Balaban J connectivity index is 3.37. The summed E-state index contributed by atoms with van der Waals surface area (Å²) in [7, 11) is 0. The number of hydrogen-bond donors (Lipinski definition) is 3. The van der Waals surface area contributed by atoms with Crippen LogP contribution in [0.5, 0.6) is 0 Å². The first-order valence-corrected chi connectivity index (χ1v) is 41.9. The fourth-order valence-electron chi connectivity index (χ4n) is 13.2. The summed E-state index contributed by atoms with van der Waals surface area (Å²) in [5.74, 6) is -0.0447. The maximum Gasteiger partial charge on any atom is 0.305 e. The Morgan fingerprint density at radius 2 is 0.543 bits per heavy atom. The number of nitrogens with one attached hydrogen (secondary N) is 1. The van der Waals surface area contributed by atoms with E-state index < -0.39 is 12.1 Å². The first-order chi connectivity index (χ1) is 45.5. The van der Waals surface area contributed by atoms with E-state index in [2.05, 4.69) is 55.6 Å². The van der Waals surface area contributed by atoms with Crippen LogP contribution in [0.25, 0.3) is 0 Å². The molecule has 542 valence electrons. The summed E-state index contributed by atoms with van der Waals surface area (Å²) in [6.45, 7) is 4.93. The van der Waals surface area contributed by atoms with Crippen molar-refractivity contribution in [3.63, 3.8) is 0 Å². The van der Waals surface area contributed by atoms with Gasteiger partial charge in [-0.25, -0.2) is 0 Å². The Morgan fingerprint density at radius 3 is 0.859 bits per heavy atom. The molecule has 0 rings (SSSR count). The van der Waals surface area contributed by atoms with Crippen LogP contribution in [0, 0.1) is 0 Å². The topological polar surface area (TPSA) is 95.9 Å². The van der Waals surface area contributed by atoms with Crippen molar-refractivity contribution in [1.29, 1.82) is 0 Å². The van der Waals surface area contributed by atoms with Crippen LogP contribution in [0.1, 0.15) is 463 Å². The Bertz CT molecular complexity index is 1540. The lowest BCUT2D eigenvalue weighted by Crippen LogP contribution is -2.45. The SMILES string of the molecule is CCCCC/C=C\C/C=C\CCCCCCCCCCCC(=O)OCCCCCCCCCCCCCC/C=C\CCCCCCCCCCCCCCCCCCCC(=O)NC(CO)C(O)/C=C/CCCCCCCCCCCCCCCCCCCCCCC. The van der Waals surface area contributed by atoms with Gasteiger partial charge in [0.05, 0.1) is 25.4 Å². The van der Waals surface area contributed by atoms with Crippen molar-refractivity contribution >= 4 is 11.9 Å². The van der Waals surface area contributed by atoms with E-state index in [-0.39, 0.29) is 18.5 Å². The molecule has 0 spiro atoms. The third-order valence-corrected chi connectivity index (χ3v) is 19.6. The third kappa shape index (κ3) is 76.8. The molecule has 2 unspecified atom stereocenters. The molecule has 0 aromatic carbocycles. The fraction of sp³-hybridized carbons (Fsp3) is 0.884. The number of amides is 1. The normalized spacial score (nSPS) is 12.7. The molecule has 6 heteroatoms. The van der Waals surface area contributed by atoms with Crippen molar-refractivity contribution in [3.8, 4) is 0 Å². The average molecular weight is 1290 g/mol. The number of ether oxygens (including phenoxy) is 1. The Labute approximate surface area is 576 Å². The maximum absolute atomic E-state index is 12.6. The monoisotopic (exact) mass is 1290 g/mol. The highest BCUT2D eigenvalue weighted by molar-refractivity contribution is 5.76. The molecular formula is C86H163NO5. The van der Waals surface area contributed by atoms with Gasteiger partial charge in [-0.3, -0.25) is 9.59 Å². The molecule has 0 aliphatic rings. The van der Waals surface area contributed by atoms with Crippen LogP contribution in [0.15, 0.2) is 48.6 Å². The molecule has 0 aromatic heterocycles. The number of aliphatic hydroxyl groups is 2. The Kier molecular flexibility index (Phi) is 79.3. The van der Waals surface area contributed by atoms with Gasteiger partial charge in [-0.1, -0.05) is 409 Å². The zero-order valence-electron chi connectivity index (χ0n) is 62.3. The largest absolute Gasteiger partial charge is 0.466 e. The lowest BCUT2D eigenvalue weighted by atomic mass is 10.0. The van der Waals surface area contributed by atoms with Gasteiger partial charge in [-0.15, -0.1) is 0 Å². The van der Waals surface area contributed by atoms with E-state index >= 15 is 0 Å². The number of carbonyl (C=O) groups excluding carboxylic acids is 2. The number of carbonyl (C=O) groups is 2. The van der Waals surface area contributed by atoms with Crippen molar-refractivity contribution in [2.24, 2.45) is 0 Å². The second kappa shape index (κ2) is 81.2. The van der Waals surface area contributed by atoms with Crippen LogP contribution < -0.4 is 5.32 Å². The molecule has 0 fully saturated rings. The van der Waals surface area contributed by atoms with Crippen LogP contribution in [0.3, 0.4) is 0 Å². The third-order valence-electron chi connectivity index (χ3n) is 19.6. The van der Waals surface area contributed by atoms with Gasteiger partial charge in [0.15, 0.2) is 0 Å². The number of esters is 1. The minimum atomic E-state index is -0.844. The highest BCUT2D eigenvalue weighted by Gasteiger charge is 2.18. The molecule has 0 bridgehead atoms. The predicted molar refractivity (Wildman–Crippen MR) is 407 cm³/mol. The highest BCUT2D eigenvalue weighted by Crippen LogP contribution is 2.20. The summed E-state index contributed by atoms with van der Waals surface area (Å²) < 4.78 is 5.52. The van der Waals surface area contributed by atoms with Crippen LogP contribution >= 0.6 is 0 Å². The zero-order chi connectivity index (χ0) is 66.3. The van der Waals surface area contributed by atoms with Crippen LogP contribution in [-0.4, -0.2) is 47.4 Å². The maximum atomic E-state index is 12.6. The standard InChI is InChI=1S/C86H163NO5/c1-3-5-7-9-11-13-15-17-19-21-23-24-36-39-43-46-50-54-58-62-66-70-74-78-84(89)83(82-88)87-85(90)79-75-71-67-63-59-55-51-47-44-40-37-34-32-30-28-26-25-27-29-31-33-35-38-41-45-49-53-57-61-65-69-73-77-81-92-86(91)80-76-72-68-64-60-56-52-48-42-22-20-18-16-14-12-10-8-6-4-2/h12,14,18,20,29,31,74,78,83-84,88-89H,3-11,13,15-17,19,21-28,30,32-73,75-77,79-82H2,1-2H3,(H,87,90)/b14-12-,20-18-,31-29-,78-74+. The minimum Gasteiger partial charge on any atom is -0.466 e. The number of hydrogen-bond acceptors (Lipinski definition) is 5. The molecule has 1 amide bonds. The van der Waals surface area contributed by atoms with Crippen LogP contribution in [0.4, 0.5) is 0 Å². The first kappa shape index (κ1) is 89.8. The van der Waals surface area contributed by atoms with Crippen molar-refractivity contribution in [2.45, 2.75) is 475 Å². The van der Waals surface area contributed by atoms with E-state index in [0.29, 0.717) is 19.4 Å². The highest BCUT2D eigenvalue weighted by atomic mass is 16.5. The Hall–Kier alpha value is -2.18. The van der Waals surface area contributed by atoms with Gasteiger partial charge in [0.1, 0.15) is 0 Å². The summed E-state index contributed by atoms with van der Waals surface area (Å²) in [6.07, 6.45) is 108. The molecule has 0 heterocycles. The number of unbranched alkanes of at least 4 members (excludes halogenated alkanes) is 62. The van der Waals surface area contributed by atoms with Crippen molar-refractivity contribution in [2.75, 3.05) is 13.2 Å². The number of rotatable bonds is 79. The van der Waals surface area contributed by atoms with Crippen LogP contribution in [-0.2, 0) is 14.3 Å². The van der Waals surface area contributed by atoms with Gasteiger partial charge < -0.3 is 20.3 Å². The van der Waals surface area contributed by atoms with Gasteiger partial charge in [-0.2, -0.15) is 0 Å². The van der Waals surface area contributed by atoms with Gasteiger partial charge in [0.25, 0.3) is 0 Å². The molecule has 0 aromatic rings. The van der Waals surface area contributed by atoms with Crippen molar-refractivity contribution < 1.29 is 24.5 Å². The summed E-state index contributed by atoms with van der Waals surface area (Å²) in [4.78, 5) is 24.7. The Morgan fingerprint density at radius 1 is 0.304 bits per heavy atom. The van der Waals surface area contributed by atoms with E-state index in [1.54, 1.807) is 6.08 Å². The molecule has 3 N–H and O–H groups in total. The van der Waals surface area contributed by atoms with Gasteiger partial charge >= 0.3 is 5.97 Å². The van der Waals surface area contributed by atoms with E-state index in [1.165, 1.54) is 385 Å². The molecule has 0 saturated heterocycles. The second-order valence-corrected chi connectivity index (χ2v) is 28.8. The average Bonchev–Trinajstić information content (AvgIpc) is 3.60. The lowest BCUT2D eigenvalue weighted by molar-refractivity contribution is -0.143. The minimum absolute atomic E-state index is 0.0153. The summed E-state index contributed by atoms with van der Waals surface area (Å²) >= 11 is 0. The fourth-order valence-corrected chi connectivity index (χ4v) is 13.2. The smallest absolute Gasteiger partial charge is 0.305 e. The van der Waals surface area contributed by atoms with E-state index in [4.69, 9.17) is 4.74 Å². The van der Waals surface area contributed by atoms with Crippen molar-refractivity contribution in [1.82, 2.24) is 5.32 Å². The molecule has 0 radical (unpaired) electrons. The summed E-state index contributed by atoms with van der Waals surface area (Å²) in [6, 6.07) is -0.628. The molecule has 6 nitrogen and oxygen atoms in total. The van der Waals surface area contributed by atoms with Gasteiger partial charge in [0, 0.05) is 12.8 Å². The van der Waals surface area contributed by atoms with Crippen LogP contribution in [0.2, 0.25) is 0 Å². The second-order valence-electron chi connectivity index (χ2n) is 28.8. The van der Waals surface area contributed by atoms with E-state index in [0.717, 1.165) is 51.4 Å². The lowest BCUT2D eigenvalue weighted by Gasteiger charge is -2.20. The molecule has 0 aliphatic carbocycles. The number of allylic oxidation sites excluding steroid dienone is 7. The van der Waals surface area contributed by atoms with Gasteiger partial charge in [0.2, 0.25) is 5.91 Å². The molecular weight excluding hydrogens is 1130 g/mol. The number of aliphatic hydroxyl groups excluding tert-OH is 2. The van der Waals surface area contributed by atoms with Crippen molar-refractivity contribution in [3.05, 3.63) is 48.6 Å².